The molecule has 84 heavy (non-hydrogen) atoms. The molecule has 0 unspecified atom stereocenters. The number of hydrogen-bond donors (Lipinski definition) is 5. The zero-order valence-electron chi connectivity index (χ0n) is 47.2. The average Bonchev–Trinajstić information content (AvgIpc) is 3.98. The van der Waals surface area contributed by atoms with Crippen molar-refractivity contribution in [1.82, 2.24) is 45.6 Å². The minimum Gasteiger partial charge on any atom is -0.391 e. The zero-order valence-corrected chi connectivity index (χ0v) is 48.1. The summed E-state index contributed by atoms with van der Waals surface area (Å²) in [6.45, 7) is 9.33. The number of anilines is 2. The third-order valence-corrected chi connectivity index (χ3v) is 15.6. The molecular formula is C59H66F6N12O6S. The minimum absolute atomic E-state index is 0.0383. The van der Waals surface area contributed by atoms with Crippen LogP contribution >= 0.6 is 11.3 Å². The van der Waals surface area contributed by atoms with E-state index in [1.165, 1.54) is 40.1 Å². The largest absolute Gasteiger partial charge is 0.416 e. The number of aromatic nitrogens is 5. The molecule has 18 nitrogen and oxygen atoms in total. The van der Waals surface area contributed by atoms with Crippen LogP contribution in [-0.2, 0) is 51.6 Å². The van der Waals surface area contributed by atoms with Gasteiger partial charge in [-0.05, 0) is 114 Å². The van der Waals surface area contributed by atoms with E-state index in [2.05, 4.69) is 41.4 Å². The summed E-state index contributed by atoms with van der Waals surface area (Å²) < 4.78 is 94.3. The van der Waals surface area contributed by atoms with Crippen molar-refractivity contribution < 1.29 is 55.4 Å². The van der Waals surface area contributed by atoms with E-state index in [1.54, 1.807) is 44.7 Å². The van der Waals surface area contributed by atoms with Crippen molar-refractivity contribution in [2.45, 2.75) is 123 Å². The van der Waals surface area contributed by atoms with Crippen LogP contribution < -0.4 is 26.2 Å². The molecule has 5 heterocycles. The second-order valence-electron chi connectivity index (χ2n) is 22.0. The first-order valence-electron chi connectivity index (χ1n) is 27.4. The van der Waals surface area contributed by atoms with Crippen LogP contribution in [0.2, 0.25) is 0 Å². The molecule has 4 amide bonds. The third-order valence-electron chi connectivity index (χ3n) is 14.6. The fraction of sp³-hybridized carbons (Fsp3) is 0.441. The lowest BCUT2D eigenvalue weighted by Gasteiger charge is -2.35. The van der Waals surface area contributed by atoms with Gasteiger partial charge in [0.15, 0.2) is 5.82 Å². The quantitative estimate of drug-likeness (QED) is 0.0298. The molecule has 446 valence electrons. The van der Waals surface area contributed by atoms with E-state index >= 15 is 0 Å². The minimum atomic E-state index is -4.87. The fourth-order valence-corrected chi connectivity index (χ4v) is 11.0. The van der Waals surface area contributed by atoms with Gasteiger partial charge >= 0.3 is 12.4 Å². The Balaban J connectivity index is 0.841. The predicted molar refractivity (Wildman–Crippen MR) is 303 cm³/mol. The zero-order chi connectivity index (χ0) is 60.7. The van der Waals surface area contributed by atoms with Gasteiger partial charge in [-0.3, -0.25) is 24.1 Å². The highest BCUT2D eigenvalue weighted by molar-refractivity contribution is 7.13. The van der Waals surface area contributed by atoms with E-state index < -0.39 is 77.4 Å². The number of nitrogens with one attached hydrogen (secondary N) is 4. The summed E-state index contributed by atoms with van der Waals surface area (Å²) in [5.74, 6) is -1.90. The highest BCUT2D eigenvalue weighted by Gasteiger charge is 2.45. The number of thiazole rings is 1. The lowest BCUT2D eigenvalue weighted by molar-refractivity contribution is -0.144. The molecule has 1 saturated heterocycles. The number of benzene rings is 3. The van der Waals surface area contributed by atoms with Gasteiger partial charge in [-0.2, -0.15) is 31.6 Å². The molecule has 8 rings (SSSR count). The molecule has 2 aliphatic heterocycles. The summed E-state index contributed by atoms with van der Waals surface area (Å²) in [6.07, 6.45) is -7.68. The van der Waals surface area contributed by atoms with E-state index in [4.69, 9.17) is 10.00 Å². The lowest BCUT2D eigenvalue weighted by Crippen LogP contribution is -2.57. The molecule has 0 spiro atoms. The Labute approximate surface area is 486 Å². The molecule has 0 bridgehead atoms. The Bertz CT molecular complexity index is 3390. The fourth-order valence-electron chi connectivity index (χ4n) is 10.2. The Hall–Kier alpha value is -7.79. The number of ether oxygens (including phenoxy) is 1. The molecule has 2 aliphatic rings. The molecule has 4 atom stereocenters. The van der Waals surface area contributed by atoms with Crippen LogP contribution in [0.15, 0.2) is 78.6 Å². The SMILES string of the molecule is Cc1ncsc1-c1ccc([C@H](C)NC(=O)[C@@H]2C[C@@H](O)CN2C(=O)[C@@H](NC(=O)CCCCOCCNCc2cc3c(c(C(F)(F)F)c2)CN(c2cc(-c4cc(C(F)(F)F)ccc4-c4nncn4C)cc(NCCCC#N)n2)C3=O)C(C)(C)C)cc1. The van der Waals surface area contributed by atoms with Gasteiger partial charge < -0.3 is 40.6 Å². The standard InChI is InChI=1S/C59H66F6N12O6S/c1-34(37-12-14-38(15-13-37)51-35(2)69-33-84-51)71-54(80)47-28-41(78)30-76(47)56(82)52(57(3,4)5)73-50(79)11-7-10-21-83-22-20-67-29-36-23-44-45(46(24-36)59(63,64)65)31-77(55(44)81)49-26-39(25-48(72-49)68-19-9-8-18-66)43-27-40(58(60,61)62)16-17-42(43)53-74-70-32-75(53)6/h12-17,23-27,32-34,41,47,52,67,78H,7-11,19-22,28-31H2,1-6H3,(H,68,72)(H,71,80)(H,73,79)/t34-,41+,47-,52+/m0/s1. The van der Waals surface area contributed by atoms with Crippen molar-refractivity contribution in [3.05, 3.63) is 118 Å². The number of β-amino-alcohol motifs (C(OH)–C–C–N with tert-alkyl or cyclic N) is 1. The van der Waals surface area contributed by atoms with Gasteiger partial charge in [-0.1, -0.05) is 45.0 Å². The number of carbonyl (C=O) groups excluding carboxylic acids is 4. The number of nitriles is 1. The maximum absolute atomic E-state index is 14.8. The summed E-state index contributed by atoms with van der Waals surface area (Å²) in [5, 5.41) is 39.7. The summed E-state index contributed by atoms with van der Waals surface area (Å²) in [7, 11) is 1.61. The lowest BCUT2D eigenvalue weighted by atomic mass is 9.85. The van der Waals surface area contributed by atoms with Crippen LogP contribution in [0.3, 0.4) is 0 Å². The van der Waals surface area contributed by atoms with E-state index in [1.807, 2.05) is 44.2 Å². The maximum atomic E-state index is 14.8. The van der Waals surface area contributed by atoms with E-state index in [9.17, 15) is 50.6 Å². The first kappa shape index (κ1) is 62.3. The summed E-state index contributed by atoms with van der Waals surface area (Å²) in [4.78, 5) is 67.7. The number of unbranched alkanes of at least 4 members (excludes halogenated alkanes) is 2. The summed E-state index contributed by atoms with van der Waals surface area (Å²) >= 11 is 1.54. The third kappa shape index (κ3) is 14.9. The van der Waals surface area contributed by atoms with Crippen molar-refractivity contribution in [3.63, 3.8) is 0 Å². The number of aliphatic hydroxyl groups excluding tert-OH is 1. The highest BCUT2D eigenvalue weighted by atomic mass is 32.1. The van der Waals surface area contributed by atoms with Crippen LogP contribution in [0, 0.1) is 23.7 Å². The second-order valence-corrected chi connectivity index (χ2v) is 22.9. The summed E-state index contributed by atoms with van der Waals surface area (Å²) in [5.41, 5.74) is 1.89. The van der Waals surface area contributed by atoms with Crippen LogP contribution in [0.4, 0.5) is 38.0 Å². The highest BCUT2D eigenvalue weighted by Crippen LogP contribution is 2.43. The number of hydrogen-bond acceptors (Lipinski definition) is 14. The molecule has 6 aromatic rings. The number of halogens is 6. The maximum Gasteiger partial charge on any atom is 0.416 e. The van der Waals surface area contributed by atoms with Gasteiger partial charge in [-0.15, -0.1) is 21.5 Å². The number of amides is 4. The Morgan fingerprint density at radius 3 is 2.33 bits per heavy atom. The number of nitrogens with zero attached hydrogens (tertiary/aromatic N) is 8. The first-order valence-corrected chi connectivity index (χ1v) is 28.3. The number of aryl methyl sites for hydroxylation is 2. The van der Waals surface area contributed by atoms with Crippen molar-refractivity contribution >= 4 is 46.6 Å². The molecule has 1 fully saturated rings. The van der Waals surface area contributed by atoms with Crippen molar-refractivity contribution in [2.24, 2.45) is 12.5 Å². The van der Waals surface area contributed by atoms with Crippen LogP contribution in [0.1, 0.15) is 116 Å². The molecule has 0 radical (unpaired) electrons. The average molecular weight is 1190 g/mol. The van der Waals surface area contributed by atoms with Gasteiger partial charge in [0.2, 0.25) is 17.7 Å². The van der Waals surface area contributed by atoms with Gasteiger partial charge in [0.1, 0.15) is 30.0 Å². The number of fused-ring (bicyclic) bond motifs is 1. The number of carbonyl (C=O) groups is 4. The van der Waals surface area contributed by atoms with E-state index in [0.717, 1.165) is 44.8 Å². The summed E-state index contributed by atoms with van der Waals surface area (Å²) in [6, 6.07) is 15.6. The number of aliphatic hydroxyl groups is 1. The second kappa shape index (κ2) is 26.4. The molecule has 25 heteroatoms. The smallest absolute Gasteiger partial charge is 0.391 e. The number of likely N-dealkylation sites (tertiary alicyclic amines) is 1. The van der Waals surface area contributed by atoms with Gasteiger partial charge in [0, 0.05) is 70.2 Å². The normalized spacial score (nSPS) is 16.1. The number of alkyl halides is 6. The van der Waals surface area contributed by atoms with Crippen molar-refractivity contribution in [2.75, 3.05) is 43.1 Å². The topological polar surface area (TPSA) is 233 Å². The predicted octanol–water partition coefficient (Wildman–Crippen LogP) is 9.54. The Morgan fingerprint density at radius 2 is 1.67 bits per heavy atom. The van der Waals surface area contributed by atoms with E-state index in [-0.39, 0.29) is 115 Å². The Kier molecular flexibility index (Phi) is 19.6. The molecule has 0 saturated carbocycles. The molecule has 0 aliphatic carbocycles. The number of rotatable bonds is 23. The molecule has 3 aromatic carbocycles. The molecular weight excluding hydrogens is 1120 g/mol. The first-order chi connectivity index (χ1) is 39.8. The van der Waals surface area contributed by atoms with Crippen molar-refractivity contribution in [3.8, 4) is 39.0 Å². The van der Waals surface area contributed by atoms with Gasteiger partial charge in [0.25, 0.3) is 5.91 Å². The van der Waals surface area contributed by atoms with Crippen LogP contribution in [0.25, 0.3) is 33.0 Å². The molecule has 5 N–H and O–H groups in total. The Morgan fingerprint density at radius 1 is 0.905 bits per heavy atom. The van der Waals surface area contributed by atoms with Crippen LogP contribution in [0.5, 0.6) is 0 Å². The van der Waals surface area contributed by atoms with Crippen LogP contribution in [-0.4, -0.2) is 109 Å². The molecule has 3 aromatic heterocycles. The van der Waals surface area contributed by atoms with E-state index in [0.29, 0.717) is 19.3 Å². The van der Waals surface area contributed by atoms with Gasteiger partial charge in [-0.25, -0.2) is 9.97 Å². The van der Waals surface area contributed by atoms with Gasteiger partial charge in [0.05, 0.1) is 58.6 Å². The monoisotopic (exact) mass is 1180 g/mol. The number of pyridine rings is 1. The van der Waals surface area contributed by atoms with Crippen molar-refractivity contribution in [1.29, 1.82) is 5.26 Å².